The number of amides is 1. The van der Waals surface area contributed by atoms with E-state index in [4.69, 9.17) is 5.73 Å². The molecule has 25 heavy (non-hydrogen) atoms. The molecule has 1 amide bonds. The van der Waals surface area contributed by atoms with E-state index in [2.05, 4.69) is 17.1 Å². The van der Waals surface area contributed by atoms with E-state index in [-0.39, 0.29) is 5.56 Å². The Balaban J connectivity index is 2.22. The Morgan fingerprint density at radius 2 is 2.04 bits per heavy atom. The number of nitrogens with zero attached hydrogens (tertiary/aromatic N) is 4. The average molecular weight is 359 g/mol. The summed E-state index contributed by atoms with van der Waals surface area (Å²) in [6.07, 6.45) is 3.01. The minimum atomic E-state index is -0.438. The molecule has 8 heteroatoms. The molecule has 0 fully saturated rings. The lowest BCUT2D eigenvalue weighted by atomic mass is 10.2. The number of aromatic nitrogens is 4. The maximum Gasteiger partial charge on any atom is 0.262 e. The van der Waals surface area contributed by atoms with Gasteiger partial charge in [-0.1, -0.05) is 43.7 Å². The minimum Gasteiger partial charge on any atom is -0.369 e. The molecule has 1 atom stereocenters. The molecule has 0 saturated heterocycles. The van der Waals surface area contributed by atoms with Crippen molar-refractivity contribution in [1.29, 1.82) is 0 Å². The highest BCUT2D eigenvalue weighted by molar-refractivity contribution is 8.00. The third-order valence-corrected chi connectivity index (χ3v) is 5.21. The van der Waals surface area contributed by atoms with Gasteiger partial charge in [-0.3, -0.25) is 18.6 Å². The number of benzene rings is 1. The van der Waals surface area contributed by atoms with Crippen molar-refractivity contribution in [1.82, 2.24) is 19.2 Å². The Bertz CT molecular complexity index is 978. The molecule has 3 aromatic rings. The predicted molar refractivity (Wildman–Crippen MR) is 98.8 cm³/mol. The Morgan fingerprint density at radius 1 is 1.28 bits per heavy atom. The van der Waals surface area contributed by atoms with Crippen LogP contribution in [0.15, 0.2) is 34.2 Å². The van der Waals surface area contributed by atoms with Gasteiger partial charge in [0, 0.05) is 6.54 Å². The standard InChI is InChI=1S/C17H21N5O2S/c1-3-4-7-10-21-15(24)12-8-5-6-9-13(12)22-16(21)19-20-17(22)25-11(2)14(18)23/h5-6,8-9,11H,3-4,7,10H2,1-2H3,(H2,18,23). The van der Waals surface area contributed by atoms with Gasteiger partial charge in [0.1, 0.15) is 0 Å². The lowest BCUT2D eigenvalue weighted by Gasteiger charge is -2.11. The van der Waals surface area contributed by atoms with E-state index in [1.807, 2.05) is 22.6 Å². The van der Waals surface area contributed by atoms with Crippen molar-refractivity contribution in [3.8, 4) is 0 Å². The summed E-state index contributed by atoms with van der Waals surface area (Å²) in [6, 6.07) is 7.38. The zero-order valence-corrected chi connectivity index (χ0v) is 15.1. The molecule has 3 rings (SSSR count). The normalized spacial score (nSPS) is 12.7. The number of fused-ring (bicyclic) bond motifs is 3. The SMILES string of the molecule is CCCCCn1c(=O)c2ccccc2n2c(SC(C)C(N)=O)nnc12. The van der Waals surface area contributed by atoms with Crippen molar-refractivity contribution in [3.05, 3.63) is 34.6 Å². The first-order valence-corrected chi connectivity index (χ1v) is 9.25. The number of primary amides is 1. The maximum absolute atomic E-state index is 12.9. The quantitative estimate of drug-likeness (QED) is 0.515. The van der Waals surface area contributed by atoms with E-state index in [9.17, 15) is 9.59 Å². The number of hydrogen-bond donors (Lipinski definition) is 1. The Morgan fingerprint density at radius 3 is 2.76 bits per heavy atom. The topological polar surface area (TPSA) is 95.3 Å². The zero-order chi connectivity index (χ0) is 18.0. The number of aryl methyl sites for hydroxylation is 1. The summed E-state index contributed by atoms with van der Waals surface area (Å²) in [5.74, 6) is 0.0845. The number of unbranched alkanes of at least 4 members (excludes halogenated alkanes) is 2. The number of hydrogen-bond acceptors (Lipinski definition) is 5. The third kappa shape index (κ3) is 3.26. The van der Waals surface area contributed by atoms with Crippen LogP contribution in [0.2, 0.25) is 0 Å². The van der Waals surface area contributed by atoms with Gasteiger partial charge in [0.2, 0.25) is 11.7 Å². The van der Waals surface area contributed by atoms with Crippen LogP contribution in [0.1, 0.15) is 33.1 Å². The summed E-state index contributed by atoms with van der Waals surface area (Å²) < 4.78 is 3.51. The highest BCUT2D eigenvalue weighted by Crippen LogP contribution is 2.24. The second kappa shape index (κ2) is 7.26. The lowest BCUT2D eigenvalue weighted by Crippen LogP contribution is -2.24. The second-order valence-electron chi connectivity index (χ2n) is 5.96. The Kier molecular flexibility index (Phi) is 5.08. The average Bonchev–Trinajstić information content (AvgIpc) is 3.01. The van der Waals surface area contributed by atoms with Crippen molar-refractivity contribution in [3.63, 3.8) is 0 Å². The fourth-order valence-corrected chi connectivity index (χ4v) is 3.55. The van der Waals surface area contributed by atoms with Gasteiger partial charge in [0.05, 0.1) is 16.2 Å². The maximum atomic E-state index is 12.9. The van der Waals surface area contributed by atoms with Crippen molar-refractivity contribution >= 4 is 34.3 Å². The van der Waals surface area contributed by atoms with Crippen molar-refractivity contribution in [2.45, 2.75) is 50.1 Å². The number of carbonyl (C=O) groups is 1. The van der Waals surface area contributed by atoms with Gasteiger partial charge in [-0.15, -0.1) is 10.2 Å². The summed E-state index contributed by atoms with van der Waals surface area (Å²) in [5, 5.41) is 9.16. The fourth-order valence-electron chi connectivity index (χ4n) is 2.75. The number of thioether (sulfide) groups is 1. The van der Waals surface area contributed by atoms with Crippen LogP contribution in [-0.4, -0.2) is 30.3 Å². The molecule has 0 radical (unpaired) electrons. The van der Waals surface area contributed by atoms with Crippen LogP contribution in [0.5, 0.6) is 0 Å². The van der Waals surface area contributed by atoms with Crippen molar-refractivity contribution < 1.29 is 4.79 Å². The summed E-state index contributed by atoms with van der Waals surface area (Å²) in [7, 11) is 0. The van der Waals surface area contributed by atoms with Crippen LogP contribution in [0.4, 0.5) is 0 Å². The molecule has 0 spiro atoms. The second-order valence-corrected chi connectivity index (χ2v) is 7.27. The Labute approximate surface area is 149 Å². The van der Waals surface area contributed by atoms with E-state index in [0.29, 0.717) is 22.9 Å². The molecular formula is C17H21N5O2S. The van der Waals surface area contributed by atoms with Gasteiger partial charge in [-0.05, 0) is 25.5 Å². The first-order chi connectivity index (χ1) is 12.0. The van der Waals surface area contributed by atoms with Crippen LogP contribution >= 0.6 is 11.8 Å². The van der Waals surface area contributed by atoms with E-state index in [0.717, 1.165) is 24.8 Å². The molecule has 2 aromatic heterocycles. The summed E-state index contributed by atoms with van der Waals surface area (Å²) in [4.78, 5) is 24.3. The molecule has 0 saturated carbocycles. The van der Waals surface area contributed by atoms with Gasteiger partial charge in [-0.2, -0.15) is 0 Å². The van der Waals surface area contributed by atoms with E-state index < -0.39 is 11.2 Å². The van der Waals surface area contributed by atoms with Crippen molar-refractivity contribution in [2.24, 2.45) is 5.73 Å². The first-order valence-electron chi connectivity index (χ1n) is 8.37. The zero-order valence-electron chi connectivity index (χ0n) is 14.3. The van der Waals surface area contributed by atoms with Crippen molar-refractivity contribution in [2.75, 3.05) is 0 Å². The summed E-state index contributed by atoms with van der Waals surface area (Å²) >= 11 is 1.25. The third-order valence-electron chi connectivity index (χ3n) is 4.15. The molecule has 0 aliphatic heterocycles. The molecule has 2 heterocycles. The van der Waals surface area contributed by atoms with Crippen LogP contribution in [-0.2, 0) is 11.3 Å². The minimum absolute atomic E-state index is 0.0638. The van der Waals surface area contributed by atoms with Gasteiger partial charge >= 0.3 is 0 Å². The molecule has 2 N–H and O–H groups in total. The van der Waals surface area contributed by atoms with Gasteiger partial charge in [0.15, 0.2) is 5.16 Å². The molecule has 1 unspecified atom stereocenters. The van der Waals surface area contributed by atoms with E-state index in [1.54, 1.807) is 17.6 Å². The molecule has 0 aliphatic carbocycles. The smallest absolute Gasteiger partial charge is 0.262 e. The van der Waals surface area contributed by atoms with E-state index in [1.165, 1.54) is 11.8 Å². The van der Waals surface area contributed by atoms with Gasteiger partial charge < -0.3 is 5.73 Å². The molecule has 1 aromatic carbocycles. The summed E-state index contributed by atoms with van der Waals surface area (Å²) in [5.41, 5.74) is 6.04. The monoisotopic (exact) mass is 359 g/mol. The highest BCUT2D eigenvalue weighted by Gasteiger charge is 2.20. The van der Waals surface area contributed by atoms with Crippen LogP contribution in [0.3, 0.4) is 0 Å². The van der Waals surface area contributed by atoms with E-state index >= 15 is 0 Å². The first kappa shape index (κ1) is 17.5. The number of nitrogens with two attached hydrogens (primary N) is 1. The van der Waals surface area contributed by atoms with Crippen LogP contribution in [0, 0.1) is 0 Å². The molecule has 0 bridgehead atoms. The van der Waals surface area contributed by atoms with Gasteiger partial charge in [0.25, 0.3) is 5.56 Å². The van der Waals surface area contributed by atoms with Gasteiger partial charge in [-0.25, -0.2) is 0 Å². The molecule has 7 nitrogen and oxygen atoms in total. The predicted octanol–water partition coefficient (Wildman–Crippen LogP) is 2.20. The fraction of sp³-hybridized carbons (Fsp3) is 0.412. The number of carbonyl (C=O) groups excluding carboxylic acids is 1. The number of para-hydroxylation sites is 1. The number of rotatable bonds is 7. The molecule has 0 aliphatic rings. The molecule has 132 valence electrons. The van der Waals surface area contributed by atoms with Crippen LogP contribution in [0.25, 0.3) is 16.7 Å². The Hall–Kier alpha value is -2.35. The highest BCUT2D eigenvalue weighted by atomic mass is 32.2. The molecular weight excluding hydrogens is 338 g/mol. The lowest BCUT2D eigenvalue weighted by molar-refractivity contribution is -0.117. The van der Waals surface area contributed by atoms with Crippen LogP contribution < -0.4 is 11.3 Å². The summed E-state index contributed by atoms with van der Waals surface area (Å²) in [6.45, 7) is 4.44. The largest absolute Gasteiger partial charge is 0.369 e.